The third-order valence-electron chi connectivity index (χ3n) is 1.75. The molecule has 0 aliphatic rings. The number of methoxy groups -OCH3 is 1. The summed E-state index contributed by atoms with van der Waals surface area (Å²) >= 11 is 2.25. The van der Waals surface area contributed by atoms with Crippen molar-refractivity contribution >= 4 is 22.6 Å². The van der Waals surface area contributed by atoms with E-state index in [4.69, 9.17) is 14.6 Å². The molecule has 78 valence electrons. The molecule has 0 unspecified atom stereocenters. The van der Waals surface area contributed by atoms with E-state index in [9.17, 15) is 0 Å². The fraction of sp³-hybridized carbons (Fsp3) is 0.400. The van der Waals surface area contributed by atoms with Crippen molar-refractivity contribution in [3.8, 4) is 11.5 Å². The van der Waals surface area contributed by atoms with E-state index in [1.54, 1.807) is 13.2 Å². The van der Waals surface area contributed by atoms with Crippen LogP contribution in [0.5, 0.6) is 11.5 Å². The van der Waals surface area contributed by atoms with Gasteiger partial charge in [-0.2, -0.15) is 0 Å². The summed E-state index contributed by atoms with van der Waals surface area (Å²) in [5.74, 6) is 1.39. The number of ether oxygens (including phenoxy) is 2. The van der Waals surface area contributed by atoms with E-state index in [1.807, 2.05) is 12.1 Å². The Bertz CT molecular complexity index is 289. The zero-order chi connectivity index (χ0) is 10.4. The number of alkyl halides is 1. The number of hydrogen-bond acceptors (Lipinski definition) is 3. The molecule has 14 heavy (non-hydrogen) atoms. The Labute approximate surface area is 97.2 Å². The van der Waals surface area contributed by atoms with Crippen molar-refractivity contribution in [3.05, 3.63) is 23.8 Å². The minimum atomic E-state index is 0.0168. The lowest BCUT2D eigenvalue weighted by molar-refractivity contribution is 0.279. The first-order valence-corrected chi connectivity index (χ1v) is 5.81. The van der Waals surface area contributed by atoms with Crippen LogP contribution in [0, 0.1) is 0 Å². The average molecular weight is 308 g/mol. The average Bonchev–Trinajstić information content (AvgIpc) is 2.26. The maximum atomic E-state index is 8.93. The van der Waals surface area contributed by atoms with E-state index in [2.05, 4.69) is 22.6 Å². The van der Waals surface area contributed by atoms with Crippen LogP contribution in [0.4, 0.5) is 0 Å². The second kappa shape index (κ2) is 6.08. The molecule has 0 spiro atoms. The summed E-state index contributed by atoms with van der Waals surface area (Å²) in [6.07, 6.45) is 0. The molecular formula is C10H13IO3. The normalized spacial score (nSPS) is 9.93. The summed E-state index contributed by atoms with van der Waals surface area (Å²) in [6, 6.07) is 5.42. The third-order valence-corrected chi connectivity index (χ3v) is 2.19. The number of hydrogen-bond donors (Lipinski definition) is 1. The minimum Gasteiger partial charge on any atom is -0.493 e. The van der Waals surface area contributed by atoms with Crippen molar-refractivity contribution in [1.82, 2.24) is 0 Å². The minimum absolute atomic E-state index is 0.0168. The van der Waals surface area contributed by atoms with Gasteiger partial charge >= 0.3 is 0 Å². The molecule has 0 amide bonds. The summed E-state index contributed by atoms with van der Waals surface area (Å²) in [6.45, 7) is 0.679. The Morgan fingerprint density at radius 2 is 2.14 bits per heavy atom. The van der Waals surface area contributed by atoms with Crippen LogP contribution in [0.2, 0.25) is 0 Å². The van der Waals surface area contributed by atoms with Gasteiger partial charge in [0.05, 0.1) is 20.3 Å². The van der Waals surface area contributed by atoms with Gasteiger partial charge < -0.3 is 14.6 Å². The second-order valence-electron chi connectivity index (χ2n) is 2.68. The van der Waals surface area contributed by atoms with Gasteiger partial charge in [0.2, 0.25) is 0 Å². The molecule has 0 aromatic heterocycles. The number of rotatable bonds is 5. The first-order chi connectivity index (χ1) is 6.81. The third kappa shape index (κ3) is 3.02. The predicted molar refractivity (Wildman–Crippen MR) is 63.3 cm³/mol. The molecule has 0 fully saturated rings. The summed E-state index contributed by atoms with van der Waals surface area (Å²) in [4.78, 5) is 0. The van der Waals surface area contributed by atoms with Crippen molar-refractivity contribution in [2.24, 2.45) is 0 Å². The zero-order valence-electron chi connectivity index (χ0n) is 8.00. The molecule has 1 aromatic carbocycles. The molecule has 1 aromatic rings. The van der Waals surface area contributed by atoms with E-state index in [0.29, 0.717) is 12.4 Å². The molecule has 0 atom stereocenters. The largest absolute Gasteiger partial charge is 0.493 e. The Balaban J connectivity index is 2.82. The first-order valence-electron chi connectivity index (χ1n) is 4.28. The van der Waals surface area contributed by atoms with Crippen LogP contribution in [-0.2, 0) is 6.61 Å². The van der Waals surface area contributed by atoms with Gasteiger partial charge in [-0.15, -0.1) is 0 Å². The topological polar surface area (TPSA) is 38.7 Å². The van der Waals surface area contributed by atoms with E-state index < -0.39 is 0 Å². The molecular weight excluding hydrogens is 295 g/mol. The fourth-order valence-corrected chi connectivity index (χ4v) is 1.30. The van der Waals surface area contributed by atoms with Crippen molar-refractivity contribution in [1.29, 1.82) is 0 Å². The maximum Gasteiger partial charge on any atom is 0.161 e. The van der Waals surface area contributed by atoms with Gasteiger partial charge in [0.25, 0.3) is 0 Å². The number of aliphatic hydroxyl groups excluding tert-OH is 1. The SMILES string of the molecule is COc1cc(CO)ccc1OCCI. The van der Waals surface area contributed by atoms with Crippen molar-refractivity contribution < 1.29 is 14.6 Å². The summed E-state index contributed by atoms with van der Waals surface area (Å²) < 4.78 is 11.5. The highest BCUT2D eigenvalue weighted by Crippen LogP contribution is 2.27. The van der Waals surface area contributed by atoms with E-state index in [1.165, 1.54) is 0 Å². The smallest absolute Gasteiger partial charge is 0.161 e. The highest BCUT2D eigenvalue weighted by molar-refractivity contribution is 14.1. The fourth-order valence-electron chi connectivity index (χ4n) is 1.08. The van der Waals surface area contributed by atoms with Crippen molar-refractivity contribution in [3.63, 3.8) is 0 Å². The van der Waals surface area contributed by atoms with Gasteiger partial charge in [0.15, 0.2) is 11.5 Å². The molecule has 1 N–H and O–H groups in total. The molecule has 0 aliphatic carbocycles. The lowest BCUT2D eigenvalue weighted by Gasteiger charge is -2.10. The highest BCUT2D eigenvalue weighted by Gasteiger charge is 2.04. The molecule has 0 heterocycles. The van der Waals surface area contributed by atoms with Gasteiger partial charge in [-0.05, 0) is 17.7 Å². The van der Waals surface area contributed by atoms with Gasteiger partial charge in [-0.1, -0.05) is 28.7 Å². The van der Waals surface area contributed by atoms with Gasteiger partial charge in [0.1, 0.15) is 0 Å². The van der Waals surface area contributed by atoms with Crippen molar-refractivity contribution in [2.45, 2.75) is 6.61 Å². The van der Waals surface area contributed by atoms with Crippen LogP contribution in [0.3, 0.4) is 0 Å². The van der Waals surface area contributed by atoms with E-state index >= 15 is 0 Å². The number of aliphatic hydroxyl groups is 1. The lowest BCUT2D eigenvalue weighted by Crippen LogP contribution is -2.00. The Morgan fingerprint density at radius 3 is 2.71 bits per heavy atom. The van der Waals surface area contributed by atoms with Crippen LogP contribution in [0.1, 0.15) is 5.56 Å². The molecule has 0 aliphatic heterocycles. The van der Waals surface area contributed by atoms with Gasteiger partial charge in [-0.3, -0.25) is 0 Å². The zero-order valence-corrected chi connectivity index (χ0v) is 10.2. The highest BCUT2D eigenvalue weighted by atomic mass is 127. The summed E-state index contributed by atoms with van der Waals surface area (Å²) in [7, 11) is 1.59. The van der Waals surface area contributed by atoms with Crippen LogP contribution >= 0.6 is 22.6 Å². The van der Waals surface area contributed by atoms with Crippen molar-refractivity contribution in [2.75, 3.05) is 18.1 Å². The Morgan fingerprint density at radius 1 is 1.36 bits per heavy atom. The molecule has 0 radical (unpaired) electrons. The molecule has 1 rings (SSSR count). The predicted octanol–water partition coefficient (Wildman–Crippen LogP) is 2.00. The number of halogens is 1. The molecule has 3 nitrogen and oxygen atoms in total. The first kappa shape index (κ1) is 11.6. The quantitative estimate of drug-likeness (QED) is 0.668. The standard InChI is InChI=1S/C10H13IO3/c1-13-10-6-8(7-12)2-3-9(10)14-5-4-11/h2-3,6,12H,4-5,7H2,1H3. The summed E-state index contributed by atoms with van der Waals surface area (Å²) in [5.41, 5.74) is 0.823. The van der Waals surface area contributed by atoms with Gasteiger partial charge in [-0.25, -0.2) is 0 Å². The Kier molecular flexibility index (Phi) is 5.03. The molecule has 0 saturated heterocycles. The number of benzene rings is 1. The van der Waals surface area contributed by atoms with Crippen LogP contribution in [-0.4, -0.2) is 23.3 Å². The Hall–Kier alpha value is -0.490. The lowest BCUT2D eigenvalue weighted by atomic mass is 10.2. The summed E-state index contributed by atoms with van der Waals surface area (Å²) in [5, 5.41) is 8.93. The monoisotopic (exact) mass is 308 g/mol. The van der Waals surface area contributed by atoms with E-state index in [-0.39, 0.29) is 6.61 Å². The van der Waals surface area contributed by atoms with E-state index in [0.717, 1.165) is 15.7 Å². The van der Waals surface area contributed by atoms with Crippen LogP contribution in [0.25, 0.3) is 0 Å². The molecule has 0 saturated carbocycles. The van der Waals surface area contributed by atoms with Gasteiger partial charge in [0, 0.05) is 4.43 Å². The second-order valence-corrected chi connectivity index (χ2v) is 3.76. The molecule has 0 bridgehead atoms. The van der Waals surface area contributed by atoms with Crippen LogP contribution < -0.4 is 9.47 Å². The maximum absolute atomic E-state index is 8.93. The molecule has 4 heteroatoms. The van der Waals surface area contributed by atoms with Crippen LogP contribution in [0.15, 0.2) is 18.2 Å².